The molecule has 1 aromatic rings. The Morgan fingerprint density at radius 1 is 1.15 bits per heavy atom. The Hall–Kier alpha value is -1.02. The van der Waals surface area contributed by atoms with Gasteiger partial charge in [-0.15, -0.1) is 0 Å². The average molecular weight is 275 g/mol. The first-order valence-electron chi connectivity index (χ1n) is 7.81. The molecule has 0 atom stereocenters. The smallest absolute Gasteiger partial charge is 0.122 e. The summed E-state index contributed by atoms with van der Waals surface area (Å²) in [7, 11) is 1.77. The summed E-state index contributed by atoms with van der Waals surface area (Å²) in [5.74, 6) is 1.04. The molecule has 0 saturated heterocycles. The summed E-state index contributed by atoms with van der Waals surface area (Å²) < 4.78 is 5.53. The van der Waals surface area contributed by atoms with Gasteiger partial charge in [-0.2, -0.15) is 0 Å². The van der Waals surface area contributed by atoms with Gasteiger partial charge in [0, 0.05) is 12.1 Å². The number of nitrogens with one attached hydrogen (secondary N) is 1. The van der Waals surface area contributed by atoms with Crippen LogP contribution in [0.3, 0.4) is 0 Å². The van der Waals surface area contributed by atoms with Crippen molar-refractivity contribution in [2.45, 2.75) is 58.4 Å². The fraction of sp³-hybridized carbons (Fsp3) is 0.667. The maximum absolute atomic E-state index is 5.53. The lowest BCUT2D eigenvalue weighted by atomic mass is 9.79. The first-order valence-corrected chi connectivity index (χ1v) is 7.81. The standard InChI is InChI=1S/C18H29NO/c1-17(2,3)19-14-18(11-7-8-12-18)13-15-9-5-6-10-16(15)20-4/h5-6,9-10,19H,7-8,11-14H2,1-4H3. The Labute approximate surface area is 123 Å². The summed E-state index contributed by atoms with van der Waals surface area (Å²) in [6.07, 6.45) is 6.50. The number of ether oxygens (including phenoxy) is 1. The predicted octanol–water partition coefficient (Wildman–Crippen LogP) is 4.19. The average Bonchev–Trinajstić information content (AvgIpc) is 2.86. The quantitative estimate of drug-likeness (QED) is 0.870. The molecular formula is C18H29NO. The number of hydrogen-bond acceptors (Lipinski definition) is 2. The van der Waals surface area contributed by atoms with E-state index >= 15 is 0 Å². The largest absolute Gasteiger partial charge is 0.496 e. The van der Waals surface area contributed by atoms with Gasteiger partial charge in [-0.05, 0) is 57.1 Å². The van der Waals surface area contributed by atoms with Gasteiger partial charge in [0.1, 0.15) is 5.75 Å². The molecule has 2 rings (SSSR count). The summed E-state index contributed by atoms with van der Waals surface area (Å²) in [6.45, 7) is 7.85. The Bertz CT molecular complexity index is 427. The van der Waals surface area contributed by atoms with Crippen LogP contribution in [-0.2, 0) is 6.42 Å². The van der Waals surface area contributed by atoms with Crippen molar-refractivity contribution in [3.05, 3.63) is 29.8 Å². The Morgan fingerprint density at radius 3 is 2.40 bits per heavy atom. The van der Waals surface area contributed by atoms with E-state index < -0.39 is 0 Å². The van der Waals surface area contributed by atoms with Crippen molar-refractivity contribution in [1.29, 1.82) is 0 Å². The summed E-state index contributed by atoms with van der Waals surface area (Å²) in [4.78, 5) is 0. The zero-order valence-corrected chi connectivity index (χ0v) is 13.5. The van der Waals surface area contributed by atoms with Crippen LogP contribution in [-0.4, -0.2) is 19.2 Å². The molecule has 112 valence electrons. The van der Waals surface area contributed by atoms with Crippen LogP contribution in [0.15, 0.2) is 24.3 Å². The predicted molar refractivity (Wildman–Crippen MR) is 85.4 cm³/mol. The van der Waals surface area contributed by atoms with Gasteiger partial charge in [0.2, 0.25) is 0 Å². The lowest BCUT2D eigenvalue weighted by Crippen LogP contribution is -2.44. The van der Waals surface area contributed by atoms with E-state index in [4.69, 9.17) is 4.74 Å². The van der Waals surface area contributed by atoms with Gasteiger partial charge < -0.3 is 10.1 Å². The fourth-order valence-electron chi connectivity index (χ4n) is 3.25. The highest BCUT2D eigenvalue weighted by molar-refractivity contribution is 5.34. The van der Waals surface area contributed by atoms with Gasteiger partial charge in [-0.1, -0.05) is 31.0 Å². The molecule has 0 radical (unpaired) electrons. The molecule has 1 aromatic carbocycles. The lowest BCUT2D eigenvalue weighted by Gasteiger charge is -2.34. The van der Waals surface area contributed by atoms with E-state index in [2.05, 4.69) is 50.4 Å². The highest BCUT2D eigenvalue weighted by Crippen LogP contribution is 2.42. The number of para-hydroxylation sites is 1. The minimum absolute atomic E-state index is 0.191. The van der Waals surface area contributed by atoms with Crippen LogP contribution < -0.4 is 10.1 Å². The normalized spacial score (nSPS) is 18.2. The second kappa shape index (κ2) is 6.17. The van der Waals surface area contributed by atoms with Crippen LogP contribution in [0.2, 0.25) is 0 Å². The van der Waals surface area contributed by atoms with Gasteiger partial charge in [0.05, 0.1) is 7.11 Å². The van der Waals surface area contributed by atoms with Gasteiger partial charge >= 0.3 is 0 Å². The van der Waals surface area contributed by atoms with Gasteiger partial charge in [0.15, 0.2) is 0 Å². The monoisotopic (exact) mass is 275 g/mol. The molecule has 0 aliphatic heterocycles. The maximum atomic E-state index is 5.53. The summed E-state index contributed by atoms with van der Waals surface area (Å²) in [5.41, 5.74) is 1.95. The van der Waals surface area contributed by atoms with Gasteiger partial charge in [-0.25, -0.2) is 0 Å². The van der Waals surface area contributed by atoms with Crippen molar-refractivity contribution in [1.82, 2.24) is 5.32 Å². The Balaban J connectivity index is 2.12. The second-order valence-electron chi connectivity index (χ2n) is 7.30. The van der Waals surface area contributed by atoms with E-state index in [-0.39, 0.29) is 5.54 Å². The van der Waals surface area contributed by atoms with Crippen molar-refractivity contribution >= 4 is 0 Å². The minimum Gasteiger partial charge on any atom is -0.496 e. The van der Waals surface area contributed by atoms with Crippen LogP contribution in [0, 0.1) is 5.41 Å². The van der Waals surface area contributed by atoms with Crippen LogP contribution >= 0.6 is 0 Å². The molecule has 0 unspecified atom stereocenters. The van der Waals surface area contributed by atoms with Crippen molar-refractivity contribution < 1.29 is 4.74 Å². The summed E-state index contributed by atoms with van der Waals surface area (Å²) in [6, 6.07) is 8.47. The van der Waals surface area contributed by atoms with Crippen LogP contribution in [0.5, 0.6) is 5.75 Å². The Kier molecular flexibility index (Phi) is 4.74. The van der Waals surface area contributed by atoms with E-state index in [1.165, 1.54) is 31.2 Å². The first-order chi connectivity index (χ1) is 9.44. The van der Waals surface area contributed by atoms with Crippen molar-refractivity contribution in [3.63, 3.8) is 0 Å². The molecule has 2 nitrogen and oxygen atoms in total. The van der Waals surface area contributed by atoms with E-state index in [0.717, 1.165) is 18.7 Å². The maximum Gasteiger partial charge on any atom is 0.122 e. The SMILES string of the molecule is COc1ccccc1CC1(CNC(C)(C)C)CCCC1. The molecule has 1 aliphatic carbocycles. The fourth-order valence-corrected chi connectivity index (χ4v) is 3.25. The molecule has 0 spiro atoms. The van der Waals surface area contributed by atoms with E-state index in [9.17, 15) is 0 Å². The summed E-state index contributed by atoms with van der Waals surface area (Å²) in [5, 5.41) is 3.72. The third-order valence-electron chi connectivity index (χ3n) is 4.42. The van der Waals surface area contributed by atoms with E-state index in [1.54, 1.807) is 7.11 Å². The number of methoxy groups -OCH3 is 1. The first kappa shape index (κ1) is 15.4. The van der Waals surface area contributed by atoms with Gasteiger partial charge in [-0.3, -0.25) is 0 Å². The lowest BCUT2D eigenvalue weighted by molar-refractivity contribution is 0.242. The number of hydrogen-bond donors (Lipinski definition) is 1. The van der Waals surface area contributed by atoms with Gasteiger partial charge in [0.25, 0.3) is 0 Å². The Morgan fingerprint density at radius 2 is 1.80 bits per heavy atom. The minimum atomic E-state index is 0.191. The number of rotatable bonds is 5. The van der Waals surface area contributed by atoms with Crippen molar-refractivity contribution in [2.24, 2.45) is 5.41 Å². The molecule has 0 bridgehead atoms. The molecule has 0 aromatic heterocycles. The van der Waals surface area contributed by atoms with Crippen molar-refractivity contribution in [3.8, 4) is 5.75 Å². The molecule has 0 heterocycles. The highest BCUT2D eigenvalue weighted by atomic mass is 16.5. The zero-order valence-electron chi connectivity index (χ0n) is 13.5. The third kappa shape index (κ3) is 3.99. The molecule has 20 heavy (non-hydrogen) atoms. The third-order valence-corrected chi connectivity index (χ3v) is 4.42. The van der Waals surface area contributed by atoms with Crippen LogP contribution in [0.4, 0.5) is 0 Å². The highest BCUT2D eigenvalue weighted by Gasteiger charge is 2.35. The topological polar surface area (TPSA) is 21.3 Å². The molecule has 1 aliphatic rings. The van der Waals surface area contributed by atoms with Crippen molar-refractivity contribution in [2.75, 3.05) is 13.7 Å². The summed E-state index contributed by atoms with van der Waals surface area (Å²) >= 11 is 0. The second-order valence-corrected chi connectivity index (χ2v) is 7.30. The molecule has 0 amide bonds. The van der Waals surface area contributed by atoms with Crippen LogP contribution in [0.1, 0.15) is 52.0 Å². The molecule has 2 heteroatoms. The molecule has 1 saturated carbocycles. The molecular weight excluding hydrogens is 246 g/mol. The zero-order chi connectivity index (χ0) is 14.6. The van der Waals surface area contributed by atoms with E-state index in [0.29, 0.717) is 5.41 Å². The van der Waals surface area contributed by atoms with E-state index in [1.807, 2.05) is 0 Å². The molecule has 1 fully saturated rings. The molecule has 1 N–H and O–H groups in total. The van der Waals surface area contributed by atoms with Crippen LogP contribution in [0.25, 0.3) is 0 Å². The number of benzene rings is 1.